The molecule has 0 unspecified atom stereocenters. The van der Waals surface area contributed by atoms with Crippen molar-refractivity contribution in [3.05, 3.63) is 30.1 Å². The van der Waals surface area contributed by atoms with Gasteiger partial charge in [0.1, 0.15) is 11.4 Å². The average molecular weight is 393 g/mol. The molecule has 9 heteroatoms. The number of nitrogens with zero attached hydrogens (tertiary/aromatic N) is 1. The molecule has 1 aromatic rings. The summed E-state index contributed by atoms with van der Waals surface area (Å²) in [4.78, 5) is 35.2. The van der Waals surface area contributed by atoms with Gasteiger partial charge >= 0.3 is 5.97 Å². The second-order valence-corrected chi connectivity index (χ2v) is 7.14. The third-order valence-electron chi connectivity index (χ3n) is 4.00. The number of nitrogens with one attached hydrogen (secondary N) is 2. The van der Waals surface area contributed by atoms with Gasteiger partial charge in [0.25, 0.3) is 5.91 Å². The van der Waals surface area contributed by atoms with Crippen LogP contribution in [0.1, 0.15) is 25.7 Å². The number of rotatable bonds is 8. The van der Waals surface area contributed by atoms with E-state index in [0.717, 1.165) is 24.6 Å². The standard InChI is InChI=1S/C18H20FN3O4S/c19-13-3-5-14(6-4-13)21-16(24)10-27-11-17(25)26-9-15(23)22-18(12-20)7-1-2-8-18/h3-6H,1-2,7-11H2,(H,21,24)(H,22,23). The summed E-state index contributed by atoms with van der Waals surface area (Å²) in [6.07, 6.45) is 2.96. The van der Waals surface area contributed by atoms with E-state index in [4.69, 9.17) is 4.74 Å². The minimum atomic E-state index is -0.851. The number of esters is 1. The predicted octanol–water partition coefficient (Wildman–Crippen LogP) is 1.99. The second-order valence-electron chi connectivity index (χ2n) is 6.16. The minimum Gasteiger partial charge on any atom is -0.455 e. The van der Waals surface area contributed by atoms with Gasteiger partial charge in [0.15, 0.2) is 6.61 Å². The molecule has 0 saturated heterocycles. The molecule has 1 aliphatic carbocycles. The monoisotopic (exact) mass is 393 g/mol. The first kappa shape index (κ1) is 20.7. The van der Waals surface area contributed by atoms with Crippen LogP contribution < -0.4 is 10.6 Å². The number of nitriles is 1. The lowest BCUT2D eigenvalue weighted by atomic mass is 10.00. The number of carbonyl (C=O) groups is 3. The van der Waals surface area contributed by atoms with Gasteiger partial charge < -0.3 is 15.4 Å². The summed E-state index contributed by atoms with van der Waals surface area (Å²) in [7, 11) is 0. The van der Waals surface area contributed by atoms with E-state index in [1.165, 1.54) is 24.3 Å². The van der Waals surface area contributed by atoms with Gasteiger partial charge in [-0.05, 0) is 49.9 Å². The highest BCUT2D eigenvalue weighted by Gasteiger charge is 2.35. The van der Waals surface area contributed by atoms with Crippen LogP contribution in [-0.2, 0) is 19.1 Å². The number of thioether (sulfide) groups is 1. The molecule has 2 rings (SSSR count). The number of ether oxygens (including phenoxy) is 1. The Kier molecular flexibility index (Phi) is 7.61. The summed E-state index contributed by atoms with van der Waals surface area (Å²) in [5, 5.41) is 14.4. The summed E-state index contributed by atoms with van der Waals surface area (Å²) in [5.41, 5.74) is -0.393. The maximum absolute atomic E-state index is 12.8. The summed E-state index contributed by atoms with van der Waals surface area (Å²) >= 11 is 1.04. The molecule has 2 N–H and O–H groups in total. The van der Waals surface area contributed by atoms with E-state index in [0.29, 0.717) is 18.5 Å². The molecule has 0 aromatic heterocycles. The first-order valence-electron chi connectivity index (χ1n) is 8.43. The molecular weight excluding hydrogens is 373 g/mol. The number of halogens is 1. The van der Waals surface area contributed by atoms with E-state index in [9.17, 15) is 24.0 Å². The van der Waals surface area contributed by atoms with Gasteiger partial charge in [-0.15, -0.1) is 11.8 Å². The number of amides is 2. The Hall–Kier alpha value is -2.60. The molecule has 1 aliphatic rings. The number of anilines is 1. The van der Waals surface area contributed by atoms with Crippen LogP contribution in [0.2, 0.25) is 0 Å². The number of carbonyl (C=O) groups excluding carboxylic acids is 3. The van der Waals surface area contributed by atoms with E-state index in [2.05, 4.69) is 16.7 Å². The predicted molar refractivity (Wildman–Crippen MR) is 98.3 cm³/mol. The number of hydrogen-bond acceptors (Lipinski definition) is 6. The van der Waals surface area contributed by atoms with Crippen LogP contribution in [-0.4, -0.2) is 41.4 Å². The zero-order chi connectivity index (χ0) is 19.7. The SMILES string of the molecule is N#CC1(NC(=O)COC(=O)CSCC(=O)Nc2ccc(F)cc2)CCCC1. The normalized spacial score (nSPS) is 14.8. The molecule has 1 fully saturated rings. The molecule has 0 heterocycles. The Morgan fingerprint density at radius 2 is 1.81 bits per heavy atom. The van der Waals surface area contributed by atoms with Crippen molar-refractivity contribution < 1.29 is 23.5 Å². The maximum Gasteiger partial charge on any atom is 0.316 e. The molecule has 7 nitrogen and oxygen atoms in total. The topological polar surface area (TPSA) is 108 Å². The zero-order valence-electron chi connectivity index (χ0n) is 14.6. The van der Waals surface area contributed by atoms with Gasteiger partial charge in [-0.3, -0.25) is 14.4 Å². The highest BCUT2D eigenvalue weighted by molar-refractivity contribution is 8.00. The van der Waals surface area contributed by atoms with Crippen LogP contribution in [0.5, 0.6) is 0 Å². The van der Waals surface area contributed by atoms with Crippen LogP contribution in [0.3, 0.4) is 0 Å². The van der Waals surface area contributed by atoms with Crippen molar-refractivity contribution in [2.75, 3.05) is 23.4 Å². The lowest BCUT2D eigenvalue weighted by Crippen LogP contribution is -2.46. The fourth-order valence-corrected chi connectivity index (χ4v) is 3.30. The summed E-state index contributed by atoms with van der Waals surface area (Å²) < 4.78 is 17.6. The Morgan fingerprint density at radius 3 is 2.44 bits per heavy atom. The fourth-order valence-electron chi connectivity index (χ4n) is 2.69. The highest BCUT2D eigenvalue weighted by atomic mass is 32.2. The fraction of sp³-hybridized carbons (Fsp3) is 0.444. The molecule has 0 atom stereocenters. The number of hydrogen-bond donors (Lipinski definition) is 2. The second kappa shape index (κ2) is 9.92. The molecular formula is C18H20FN3O4S. The molecule has 2 amide bonds. The largest absolute Gasteiger partial charge is 0.455 e. The van der Waals surface area contributed by atoms with E-state index >= 15 is 0 Å². The van der Waals surface area contributed by atoms with Gasteiger partial charge in [0, 0.05) is 5.69 Å². The van der Waals surface area contributed by atoms with Crippen molar-refractivity contribution in [3.8, 4) is 6.07 Å². The first-order chi connectivity index (χ1) is 12.9. The van der Waals surface area contributed by atoms with Crippen LogP contribution in [0.15, 0.2) is 24.3 Å². The van der Waals surface area contributed by atoms with Gasteiger partial charge in [-0.25, -0.2) is 4.39 Å². The molecule has 0 radical (unpaired) electrons. The van der Waals surface area contributed by atoms with Crippen molar-refractivity contribution in [3.63, 3.8) is 0 Å². The Balaban J connectivity index is 1.61. The van der Waals surface area contributed by atoms with Crippen molar-refractivity contribution in [2.24, 2.45) is 0 Å². The molecule has 0 spiro atoms. The lowest BCUT2D eigenvalue weighted by Gasteiger charge is -2.21. The first-order valence-corrected chi connectivity index (χ1v) is 9.59. The van der Waals surface area contributed by atoms with Crippen molar-refractivity contribution in [2.45, 2.75) is 31.2 Å². The molecule has 0 aliphatic heterocycles. The molecule has 1 aromatic carbocycles. The summed E-state index contributed by atoms with van der Waals surface area (Å²) in [6.45, 7) is -0.454. The minimum absolute atomic E-state index is 0.0101. The van der Waals surface area contributed by atoms with E-state index in [1.807, 2.05) is 0 Å². The quantitative estimate of drug-likeness (QED) is 0.654. The van der Waals surface area contributed by atoms with Gasteiger partial charge in [-0.1, -0.05) is 0 Å². The highest BCUT2D eigenvalue weighted by Crippen LogP contribution is 2.28. The number of benzene rings is 1. The Labute approximate surface area is 160 Å². The van der Waals surface area contributed by atoms with Gasteiger partial charge in [0.2, 0.25) is 5.91 Å². The third kappa shape index (κ3) is 6.90. The van der Waals surface area contributed by atoms with Crippen LogP contribution in [0.25, 0.3) is 0 Å². The van der Waals surface area contributed by atoms with Gasteiger partial charge in [0.05, 0.1) is 17.6 Å². The van der Waals surface area contributed by atoms with Gasteiger partial charge in [-0.2, -0.15) is 5.26 Å². The molecule has 0 bridgehead atoms. The smallest absolute Gasteiger partial charge is 0.316 e. The molecule has 1 saturated carbocycles. The summed E-state index contributed by atoms with van der Waals surface area (Å²) in [6, 6.07) is 7.45. The van der Waals surface area contributed by atoms with Crippen molar-refractivity contribution >= 4 is 35.2 Å². The van der Waals surface area contributed by atoms with Crippen molar-refractivity contribution in [1.82, 2.24) is 5.32 Å². The van der Waals surface area contributed by atoms with E-state index < -0.39 is 29.8 Å². The average Bonchev–Trinajstić information content (AvgIpc) is 3.11. The molecule has 144 valence electrons. The summed E-state index contributed by atoms with van der Waals surface area (Å²) in [5.74, 6) is -1.95. The zero-order valence-corrected chi connectivity index (χ0v) is 15.4. The van der Waals surface area contributed by atoms with Crippen LogP contribution >= 0.6 is 11.8 Å². The maximum atomic E-state index is 12.8. The third-order valence-corrected chi connectivity index (χ3v) is 4.90. The van der Waals surface area contributed by atoms with Crippen LogP contribution in [0, 0.1) is 17.1 Å². The lowest BCUT2D eigenvalue weighted by molar-refractivity contribution is -0.146. The Bertz CT molecular complexity index is 727. The molecule has 27 heavy (non-hydrogen) atoms. The van der Waals surface area contributed by atoms with E-state index in [-0.39, 0.29) is 17.4 Å². The van der Waals surface area contributed by atoms with Crippen LogP contribution in [0.4, 0.5) is 10.1 Å². The Morgan fingerprint density at radius 1 is 1.15 bits per heavy atom. The van der Waals surface area contributed by atoms with Crippen molar-refractivity contribution in [1.29, 1.82) is 5.26 Å². The van der Waals surface area contributed by atoms with E-state index in [1.54, 1.807) is 0 Å².